The summed E-state index contributed by atoms with van der Waals surface area (Å²) in [5, 5.41) is 14.9. The van der Waals surface area contributed by atoms with Gasteiger partial charge in [0.25, 0.3) is 0 Å². The lowest BCUT2D eigenvalue weighted by Gasteiger charge is -2.28. The Morgan fingerprint density at radius 3 is 2.52 bits per heavy atom. The number of methoxy groups -OCH3 is 1. The number of anilines is 3. The second-order valence-corrected chi connectivity index (χ2v) is 6.41. The van der Waals surface area contributed by atoms with Crippen LogP contribution in [0.4, 0.5) is 17.1 Å². The van der Waals surface area contributed by atoms with Gasteiger partial charge in [-0.15, -0.1) is 0 Å². The second kappa shape index (κ2) is 7.77. The molecule has 0 radical (unpaired) electrons. The molecule has 4 rings (SSSR count). The molecule has 2 aromatic carbocycles. The van der Waals surface area contributed by atoms with Crippen LogP contribution in [0.5, 0.6) is 5.75 Å². The van der Waals surface area contributed by atoms with Gasteiger partial charge < -0.3 is 25.0 Å². The Kier molecular flexibility index (Phi) is 5.03. The molecule has 0 amide bonds. The van der Waals surface area contributed by atoms with Gasteiger partial charge in [0.2, 0.25) is 0 Å². The van der Waals surface area contributed by atoms with E-state index in [1.807, 2.05) is 36.4 Å². The van der Waals surface area contributed by atoms with E-state index in [1.165, 1.54) is 0 Å². The largest absolute Gasteiger partial charge is 0.497 e. The second-order valence-electron chi connectivity index (χ2n) is 6.00. The van der Waals surface area contributed by atoms with E-state index in [4.69, 9.17) is 26.3 Å². The minimum atomic E-state index is 0.448. The number of nitrogens with zero attached hydrogens (tertiary/aromatic N) is 3. The van der Waals surface area contributed by atoms with Gasteiger partial charge in [0.1, 0.15) is 5.75 Å². The smallest absolute Gasteiger partial charge is 0.175 e. The lowest BCUT2D eigenvalue weighted by molar-refractivity contribution is 0.123. The number of hydrogen-bond acceptors (Lipinski definition) is 7. The molecule has 1 aliphatic heterocycles. The van der Waals surface area contributed by atoms with Gasteiger partial charge in [-0.05, 0) is 58.9 Å². The van der Waals surface area contributed by atoms with Crippen LogP contribution < -0.4 is 20.3 Å². The summed E-state index contributed by atoms with van der Waals surface area (Å²) in [5.74, 6) is 0.786. The highest BCUT2D eigenvalue weighted by molar-refractivity contribution is 7.80. The minimum absolute atomic E-state index is 0.448. The number of benzene rings is 2. The molecule has 8 nitrogen and oxygen atoms in total. The fourth-order valence-electron chi connectivity index (χ4n) is 2.97. The highest BCUT2D eigenvalue weighted by Gasteiger charge is 2.19. The van der Waals surface area contributed by atoms with E-state index in [9.17, 15) is 0 Å². The minimum Gasteiger partial charge on any atom is -0.497 e. The first kappa shape index (κ1) is 17.5. The van der Waals surface area contributed by atoms with Crippen LogP contribution in [-0.2, 0) is 4.74 Å². The lowest BCUT2D eigenvalue weighted by Crippen LogP contribution is -2.36. The summed E-state index contributed by atoms with van der Waals surface area (Å²) in [6, 6.07) is 11.4. The maximum absolute atomic E-state index is 5.42. The predicted octanol–water partition coefficient (Wildman–Crippen LogP) is 2.88. The van der Waals surface area contributed by atoms with Crippen molar-refractivity contribution in [3.05, 3.63) is 36.4 Å². The first-order chi connectivity index (χ1) is 13.2. The van der Waals surface area contributed by atoms with Gasteiger partial charge in [-0.1, -0.05) is 0 Å². The number of fused-ring (bicyclic) bond motifs is 1. The first-order valence-electron chi connectivity index (χ1n) is 8.54. The first-order valence-corrected chi connectivity index (χ1v) is 8.95. The molecule has 2 heterocycles. The van der Waals surface area contributed by atoms with Crippen molar-refractivity contribution in [2.24, 2.45) is 0 Å². The van der Waals surface area contributed by atoms with E-state index in [0.717, 1.165) is 35.9 Å². The molecule has 140 valence electrons. The van der Waals surface area contributed by atoms with Gasteiger partial charge in [-0.2, -0.15) is 0 Å². The van der Waals surface area contributed by atoms with Gasteiger partial charge in [0, 0.05) is 18.8 Å². The fraction of sp³-hybridized carbons (Fsp3) is 0.278. The lowest BCUT2D eigenvalue weighted by atomic mass is 10.2. The molecule has 2 N–H and O–H groups in total. The summed E-state index contributed by atoms with van der Waals surface area (Å²) in [5.41, 5.74) is 3.91. The van der Waals surface area contributed by atoms with E-state index in [-0.39, 0.29) is 0 Å². The molecule has 27 heavy (non-hydrogen) atoms. The van der Waals surface area contributed by atoms with Crippen molar-refractivity contribution in [1.82, 2.24) is 10.3 Å². The van der Waals surface area contributed by atoms with Crippen molar-refractivity contribution in [2.45, 2.75) is 0 Å². The van der Waals surface area contributed by atoms with E-state index in [0.29, 0.717) is 29.4 Å². The normalized spacial score (nSPS) is 14.2. The van der Waals surface area contributed by atoms with Crippen molar-refractivity contribution in [2.75, 3.05) is 48.9 Å². The Hall–Kier alpha value is -2.91. The Bertz CT molecular complexity index is 938. The third-order valence-electron chi connectivity index (χ3n) is 4.34. The van der Waals surface area contributed by atoms with Gasteiger partial charge in [0.05, 0.1) is 31.7 Å². The molecule has 3 aromatic rings. The summed E-state index contributed by atoms with van der Waals surface area (Å²) in [6.45, 7) is 3.02. The average Bonchev–Trinajstić information content (AvgIpc) is 3.20. The summed E-state index contributed by atoms with van der Waals surface area (Å²) in [7, 11) is 1.63. The van der Waals surface area contributed by atoms with Crippen molar-refractivity contribution in [3.63, 3.8) is 0 Å². The third kappa shape index (κ3) is 3.79. The number of morpholine rings is 1. The summed E-state index contributed by atoms with van der Waals surface area (Å²) in [6.07, 6.45) is 0. The Labute approximate surface area is 161 Å². The summed E-state index contributed by atoms with van der Waals surface area (Å²) >= 11 is 5.41. The Balaban J connectivity index is 1.51. The summed E-state index contributed by atoms with van der Waals surface area (Å²) in [4.78, 5) is 2.22. The van der Waals surface area contributed by atoms with Crippen molar-refractivity contribution < 1.29 is 14.1 Å². The van der Waals surface area contributed by atoms with Gasteiger partial charge in [-0.25, -0.2) is 4.63 Å². The predicted molar refractivity (Wildman–Crippen MR) is 108 cm³/mol. The summed E-state index contributed by atoms with van der Waals surface area (Å²) < 4.78 is 15.6. The van der Waals surface area contributed by atoms with Crippen LogP contribution in [0.25, 0.3) is 11.0 Å². The average molecular weight is 385 g/mol. The number of nitrogens with one attached hydrogen (secondary N) is 2. The SMILES string of the molecule is COc1ccc(NC(=S)Nc2ccc(N3CCOCC3)c3nonc23)cc1. The highest BCUT2D eigenvalue weighted by Crippen LogP contribution is 2.30. The molecule has 0 unspecified atom stereocenters. The molecule has 0 bridgehead atoms. The number of thiocarbonyl (C=S) groups is 1. The highest BCUT2D eigenvalue weighted by atomic mass is 32.1. The molecule has 0 spiro atoms. The van der Waals surface area contributed by atoms with Crippen LogP contribution >= 0.6 is 12.2 Å². The third-order valence-corrected chi connectivity index (χ3v) is 4.55. The van der Waals surface area contributed by atoms with Crippen LogP contribution in [0.15, 0.2) is 41.0 Å². The van der Waals surface area contributed by atoms with Crippen LogP contribution in [0.1, 0.15) is 0 Å². The molecular weight excluding hydrogens is 366 g/mol. The maximum atomic E-state index is 5.42. The van der Waals surface area contributed by atoms with E-state index < -0.39 is 0 Å². The molecule has 1 aromatic heterocycles. The van der Waals surface area contributed by atoms with Gasteiger partial charge in [-0.3, -0.25) is 0 Å². The molecule has 1 saturated heterocycles. The standard InChI is InChI=1S/C18H19N5O3S/c1-24-13-4-2-12(3-5-13)19-18(27)20-14-6-7-15(17-16(14)21-26-22-17)23-8-10-25-11-9-23/h2-7H,8-11H2,1H3,(H2,19,20,27). The van der Waals surface area contributed by atoms with Crippen LogP contribution in [0.2, 0.25) is 0 Å². The van der Waals surface area contributed by atoms with Gasteiger partial charge in [0.15, 0.2) is 16.1 Å². The number of hydrogen-bond donors (Lipinski definition) is 2. The van der Waals surface area contributed by atoms with Crippen LogP contribution in [0.3, 0.4) is 0 Å². The molecular formula is C18H19N5O3S. The number of ether oxygens (including phenoxy) is 2. The molecule has 9 heteroatoms. The zero-order valence-electron chi connectivity index (χ0n) is 14.8. The van der Waals surface area contributed by atoms with E-state index in [2.05, 4.69) is 25.8 Å². The van der Waals surface area contributed by atoms with Crippen molar-refractivity contribution in [3.8, 4) is 5.75 Å². The quantitative estimate of drug-likeness (QED) is 0.659. The fourth-order valence-corrected chi connectivity index (χ4v) is 3.20. The van der Waals surface area contributed by atoms with E-state index in [1.54, 1.807) is 7.11 Å². The van der Waals surface area contributed by atoms with Crippen molar-refractivity contribution in [1.29, 1.82) is 0 Å². The van der Waals surface area contributed by atoms with Gasteiger partial charge >= 0.3 is 0 Å². The molecule has 1 aliphatic rings. The molecule has 0 atom stereocenters. The monoisotopic (exact) mass is 385 g/mol. The zero-order chi connectivity index (χ0) is 18.6. The Morgan fingerprint density at radius 2 is 1.78 bits per heavy atom. The van der Waals surface area contributed by atoms with Crippen LogP contribution in [-0.4, -0.2) is 48.8 Å². The molecule has 1 fully saturated rings. The Morgan fingerprint density at radius 1 is 1.04 bits per heavy atom. The van der Waals surface area contributed by atoms with E-state index >= 15 is 0 Å². The molecule has 0 saturated carbocycles. The maximum Gasteiger partial charge on any atom is 0.175 e. The number of aromatic nitrogens is 2. The van der Waals surface area contributed by atoms with Crippen molar-refractivity contribution >= 4 is 45.4 Å². The van der Waals surface area contributed by atoms with Crippen LogP contribution in [0, 0.1) is 0 Å². The number of rotatable bonds is 4. The zero-order valence-corrected chi connectivity index (χ0v) is 15.6. The molecule has 0 aliphatic carbocycles. The topological polar surface area (TPSA) is 84.7 Å².